The molecule has 0 unspecified atom stereocenters. The summed E-state index contributed by atoms with van der Waals surface area (Å²) in [4.78, 5) is 21.8. The standard InChI is InChI=1S/C17H18BrClFN3O3/c1-17(2,3)26-16(25)23(13-5-4-10(18)8-12(13)20)15-11(6-7-24)14(19)21-9-22-15/h4-5,8-9,24H,6-7H2,1-3H3. The molecular formula is C17H18BrClFN3O3. The van der Waals surface area contributed by atoms with Gasteiger partial charge in [0.25, 0.3) is 0 Å². The molecule has 1 N–H and O–H groups in total. The Labute approximate surface area is 164 Å². The van der Waals surface area contributed by atoms with E-state index in [0.29, 0.717) is 10.0 Å². The van der Waals surface area contributed by atoms with Gasteiger partial charge in [-0.1, -0.05) is 27.5 Å². The molecule has 1 amide bonds. The van der Waals surface area contributed by atoms with Crippen molar-refractivity contribution in [3.05, 3.63) is 45.5 Å². The second-order valence-electron chi connectivity index (χ2n) is 6.35. The molecule has 0 aliphatic carbocycles. The average Bonchev–Trinajstić information content (AvgIpc) is 2.51. The van der Waals surface area contributed by atoms with Crippen molar-refractivity contribution in [3.63, 3.8) is 0 Å². The molecule has 0 radical (unpaired) electrons. The lowest BCUT2D eigenvalue weighted by Crippen LogP contribution is -2.35. The van der Waals surface area contributed by atoms with E-state index in [0.717, 1.165) is 11.2 Å². The van der Waals surface area contributed by atoms with E-state index in [-0.39, 0.29) is 29.7 Å². The minimum atomic E-state index is -0.826. The summed E-state index contributed by atoms with van der Waals surface area (Å²) < 4.78 is 20.5. The number of rotatable bonds is 4. The fourth-order valence-corrected chi connectivity index (χ4v) is 2.73. The summed E-state index contributed by atoms with van der Waals surface area (Å²) in [5, 5.41) is 9.37. The van der Waals surface area contributed by atoms with Crippen molar-refractivity contribution in [1.82, 2.24) is 9.97 Å². The third kappa shape index (κ3) is 4.90. The Morgan fingerprint density at radius 3 is 2.65 bits per heavy atom. The maximum atomic E-state index is 14.6. The van der Waals surface area contributed by atoms with Crippen molar-refractivity contribution in [2.45, 2.75) is 32.8 Å². The maximum Gasteiger partial charge on any atom is 0.420 e. The van der Waals surface area contributed by atoms with Crippen LogP contribution in [-0.4, -0.2) is 33.4 Å². The number of carbonyl (C=O) groups is 1. The molecular weight excluding hydrogens is 429 g/mol. The van der Waals surface area contributed by atoms with E-state index >= 15 is 0 Å². The second kappa shape index (κ2) is 8.28. The van der Waals surface area contributed by atoms with Gasteiger partial charge < -0.3 is 9.84 Å². The molecule has 0 saturated carbocycles. The van der Waals surface area contributed by atoms with Gasteiger partial charge in [-0.25, -0.2) is 24.1 Å². The van der Waals surface area contributed by atoms with E-state index in [1.54, 1.807) is 26.8 Å². The maximum absolute atomic E-state index is 14.6. The number of carbonyl (C=O) groups excluding carboxylic acids is 1. The predicted molar refractivity (Wildman–Crippen MR) is 100 cm³/mol. The number of anilines is 2. The first kappa shape index (κ1) is 20.5. The summed E-state index contributed by atoms with van der Waals surface area (Å²) in [7, 11) is 0. The molecule has 1 aromatic heterocycles. The SMILES string of the molecule is CC(C)(C)OC(=O)N(c1ccc(Br)cc1F)c1ncnc(Cl)c1CCO. The lowest BCUT2D eigenvalue weighted by molar-refractivity contribution is 0.0596. The summed E-state index contributed by atoms with van der Waals surface area (Å²) in [5.41, 5.74) is -0.559. The number of aliphatic hydroxyl groups excluding tert-OH is 1. The van der Waals surface area contributed by atoms with Crippen LogP contribution >= 0.6 is 27.5 Å². The van der Waals surface area contributed by atoms with Crippen LogP contribution in [0.2, 0.25) is 5.15 Å². The van der Waals surface area contributed by atoms with Crippen molar-refractivity contribution in [1.29, 1.82) is 0 Å². The molecule has 0 bridgehead atoms. The third-order valence-corrected chi connectivity index (χ3v) is 3.99. The van der Waals surface area contributed by atoms with Crippen molar-refractivity contribution < 1.29 is 19.0 Å². The Morgan fingerprint density at radius 1 is 1.38 bits per heavy atom. The number of hydrogen-bond acceptors (Lipinski definition) is 5. The summed E-state index contributed by atoms with van der Waals surface area (Å²) in [6.45, 7) is 4.85. The van der Waals surface area contributed by atoms with Crippen LogP contribution in [0.1, 0.15) is 26.3 Å². The van der Waals surface area contributed by atoms with Gasteiger partial charge in [0, 0.05) is 23.1 Å². The second-order valence-corrected chi connectivity index (χ2v) is 7.63. The van der Waals surface area contributed by atoms with Gasteiger partial charge in [0.05, 0.1) is 5.69 Å². The molecule has 0 saturated heterocycles. The van der Waals surface area contributed by atoms with Gasteiger partial charge in [-0.15, -0.1) is 0 Å². The van der Waals surface area contributed by atoms with Gasteiger partial charge in [0.15, 0.2) is 5.82 Å². The molecule has 2 rings (SSSR count). The number of halogens is 3. The van der Waals surface area contributed by atoms with Crippen LogP contribution in [0.15, 0.2) is 29.0 Å². The first-order valence-corrected chi connectivity index (χ1v) is 8.89. The van der Waals surface area contributed by atoms with Crippen molar-refractivity contribution >= 4 is 45.1 Å². The molecule has 6 nitrogen and oxygen atoms in total. The third-order valence-electron chi connectivity index (χ3n) is 3.17. The van der Waals surface area contributed by atoms with Crippen molar-refractivity contribution in [2.24, 2.45) is 0 Å². The summed E-state index contributed by atoms with van der Waals surface area (Å²) >= 11 is 9.28. The predicted octanol–water partition coefficient (Wildman–Crippen LogP) is 4.64. The minimum Gasteiger partial charge on any atom is -0.443 e. The molecule has 26 heavy (non-hydrogen) atoms. The van der Waals surface area contributed by atoms with E-state index in [9.17, 15) is 14.3 Å². The smallest absolute Gasteiger partial charge is 0.420 e. The number of amides is 1. The number of nitrogens with zero attached hydrogens (tertiary/aromatic N) is 3. The van der Waals surface area contributed by atoms with Gasteiger partial charge in [0.1, 0.15) is 22.9 Å². The number of hydrogen-bond donors (Lipinski definition) is 1. The van der Waals surface area contributed by atoms with E-state index in [1.807, 2.05) is 0 Å². The lowest BCUT2D eigenvalue weighted by atomic mass is 10.2. The molecule has 0 atom stereocenters. The molecule has 140 valence electrons. The zero-order valence-electron chi connectivity index (χ0n) is 14.5. The van der Waals surface area contributed by atoms with Crippen LogP contribution in [0.4, 0.5) is 20.7 Å². The molecule has 1 aromatic carbocycles. The Hall–Kier alpha value is -1.77. The van der Waals surface area contributed by atoms with Gasteiger partial charge in [-0.05, 0) is 39.0 Å². The molecule has 0 fully saturated rings. The zero-order chi connectivity index (χ0) is 19.5. The van der Waals surface area contributed by atoms with Gasteiger partial charge in [0.2, 0.25) is 0 Å². The summed E-state index contributed by atoms with van der Waals surface area (Å²) in [5.74, 6) is -0.607. The van der Waals surface area contributed by atoms with E-state index in [4.69, 9.17) is 16.3 Å². The Kier molecular flexibility index (Phi) is 6.54. The molecule has 0 spiro atoms. The number of aromatic nitrogens is 2. The Morgan fingerprint density at radius 2 is 2.08 bits per heavy atom. The van der Waals surface area contributed by atoms with E-state index in [2.05, 4.69) is 25.9 Å². The highest BCUT2D eigenvalue weighted by molar-refractivity contribution is 9.10. The fourth-order valence-electron chi connectivity index (χ4n) is 2.17. The largest absolute Gasteiger partial charge is 0.443 e. The zero-order valence-corrected chi connectivity index (χ0v) is 16.8. The normalized spacial score (nSPS) is 11.3. The van der Waals surface area contributed by atoms with Crippen molar-refractivity contribution in [3.8, 4) is 0 Å². The molecule has 0 aliphatic rings. The highest BCUT2D eigenvalue weighted by atomic mass is 79.9. The summed E-state index contributed by atoms with van der Waals surface area (Å²) in [6.07, 6.45) is 0.423. The van der Waals surface area contributed by atoms with Crippen LogP contribution in [0.5, 0.6) is 0 Å². The topological polar surface area (TPSA) is 75.5 Å². The molecule has 9 heteroatoms. The number of ether oxygens (including phenoxy) is 1. The monoisotopic (exact) mass is 445 g/mol. The van der Waals surface area contributed by atoms with Gasteiger partial charge in [-0.2, -0.15) is 0 Å². The minimum absolute atomic E-state index is 0.0505. The van der Waals surface area contributed by atoms with Crippen LogP contribution in [0.25, 0.3) is 0 Å². The van der Waals surface area contributed by atoms with Gasteiger partial charge in [-0.3, -0.25) is 0 Å². The Bertz CT molecular complexity index is 814. The van der Waals surface area contributed by atoms with Crippen LogP contribution < -0.4 is 4.90 Å². The van der Waals surface area contributed by atoms with Crippen molar-refractivity contribution in [2.75, 3.05) is 11.5 Å². The molecule has 1 heterocycles. The summed E-state index contributed by atoms with van der Waals surface area (Å²) in [6, 6.07) is 4.23. The quantitative estimate of drug-likeness (QED) is 0.693. The number of aliphatic hydroxyl groups is 1. The Balaban J connectivity index is 2.65. The van der Waals surface area contributed by atoms with Gasteiger partial charge >= 0.3 is 6.09 Å². The van der Waals surface area contributed by atoms with Crippen LogP contribution in [0, 0.1) is 5.82 Å². The molecule has 2 aromatic rings. The number of benzene rings is 1. The lowest BCUT2D eigenvalue weighted by Gasteiger charge is -2.28. The van der Waals surface area contributed by atoms with Crippen LogP contribution in [0.3, 0.4) is 0 Å². The average molecular weight is 447 g/mol. The first-order valence-electron chi connectivity index (χ1n) is 7.72. The van der Waals surface area contributed by atoms with E-state index < -0.39 is 17.5 Å². The fraction of sp³-hybridized carbons (Fsp3) is 0.353. The van der Waals surface area contributed by atoms with E-state index in [1.165, 1.54) is 12.1 Å². The van der Waals surface area contributed by atoms with Crippen LogP contribution in [-0.2, 0) is 11.2 Å². The highest BCUT2D eigenvalue weighted by Gasteiger charge is 2.30. The molecule has 0 aliphatic heterocycles. The first-order chi connectivity index (χ1) is 12.1. The highest BCUT2D eigenvalue weighted by Crippen LogP contribution is 2.34.